The summed E-state index contributed by atoms with van der Waals surface area (Å²) in [6.45, 7) is 0. The lowest BCUT2D eigenvalue weighted by Crippen LogP contribution is -2.18. The maximum Gasteiger partial charge on any atom is 0.257 e. The number of carbonyl (C=O) groups excluding carboxylic acids is 2. The summed E-state index contributed by atoms with van der Waals surface area (Å²) in [5.74, 6) is 0.389. The minimum atomic E-state index is -1.33. The van der Waals surface area contributed by atoms with Gasteiger partial charge in [0.1, 0.15) is 4.33 Å². The molecule has 172 valence electrons. The second-order valence-electron chi connectivity index (χ2n) is 7.70. The van der Waals surface area contributed by atoms with Crippen molar-refractivity contribution in [2.24, 2.45) is 5.92 Å². The van der Waals surface area contributed by atoms with Crippen molar-refractivity contribution in [3.05, 3.63) is 92.4 Å². The fourth-order valence-electron chi connectivity index (χ4n) is 3.70. The molecule has 0 unspecified atom stereocenters. The van der Waals surface area contributed by atoms with Crippen LogP contribution in [0.3, 0.4) is 0 Å². The van der Waals surface area contributed by atoms with Gasteiger partial charge in [-0.2, -0.15) is 0 Å². The lowest BCUT2D eigenvalue weighted by atomic mass is 10.1. The molecular weight excluding hydrogens is 538 g/mol. The highest BCUT2D eigenvalue weighted by molar-refractivity contribution is 6.53. The van der Waals surface area contributed by atoms with Gasteiger partial charge >= 0.3 is 0 Å². The summed E-state index contributed by atoms with van der Waals surface area (Å²) in [6.07, 6.45) is 5.41. The highest BCUT2D eigenvalue weighted by Gasteiger charge is 2.67. The van der Waals surface area contributed by atoms with Crippen molar-refractivity contribution in [1.29, 1.82) is 0 Å². The molecule has 0 heterocycles. The molecule has 0 radical (unpaired) electrons. The number of anilines is 2. The van der Waals surface area contributed by atoms with E-state index in [-0.39, 0.29) is 10.6 Å². The molecule has 9 heteroatoms. The van der Waals surface area contributed by atoms with Crippen molar-refractivity contribution < 1.29 is 9.59 Å². The molecule has 1 saturated carbocycles. The topological polar surface area (TPSA) is 58.2 Å². The summed E-state index contributed by atoms with van der Waals surface area (Å²) >= 11 is 31.2. The molecule has 0 aromatic heterocycles. The zero-order valence-corrected chi connectivity index (χ0v) is 21.0. The normalized spacial score (nSPS) is 18.0. The van der Waals surface area contributed by atoms with Gasteiger partial charge in [0, 0.05) is 32.9 Å². The summed E-state index contributed by atoms with van der Waals surface area (Å²) in [5, 5.41) is 6.54. The molecule has 3 aromatic rings. The van der Waals surface area contributed by atoms with Gasteiger partial charge in [-0.05, 0) is 60.2 Å². The third kappa shape index (κ3) is 5.15. The second kappa shape index (κ2) is 9.70. The summed E-state index contributed by atoms with van der Waals surface area (Å²) in [5.41, 5.74) is 2.32. The fourth-order valence-corrected chi connectivity index (χ4v) is 5.28. The highest BCUT2D eigenvalue weighted by Crippen LogP contribution is 2.65. The molecule has 2 N–H and O–H groups in total. The Morgan fingerprint density at radius 2 is 1.56 bits per heavy atom. The van der Waals surface area contributed by atoms with Crippen LogP contribution >= 0.6 is 58.0 Å². The van der Waals surface area contributed by atoms with E-state index in [9.17, 15) is 9.59 Å². The molecular formula is C25H15Cl5N2O2. The Labute approximate surface area is 221 Å². The third-order valence-electron chi connectivity index (χ3n) is 5.35. The van der Waals surface area contributed by atoms with E-state index in [1.807, 2.05) is 0 Å². The van der Waals surface area contributed by atoms with Crippen LogP contribution in [-0.2, 0) is 4.79 Å². The van der Waals surface area contributed by atoms with Gasteiger partial charge < -0.3 is 10.6 Å². The first-order valence-electron chi connectivity index (χ1n) is 9.92. The number of benzene rings is 3. The van der Waals surface area contributed by atoms with Gasteiger partial charge in [0.05, 0.1) is 16.5 Å². The zero-order chi connectivity index (χ0) is 24.6. The van der Waals surface area contributed by atoms with Crippen molar-refractivity contribution in [3.63, 3.8) is 0 Å². The van der Waals surface area contributed by atoms with Gasteiger partial charge in [0.2, 0.25) is 5.91 Å². The maximum absolute atomic E-state index is 13.0. The van der Waals surface area contributed by atoms with Crippen LogP contribution in [0.5, 0.6) is 0 Å². The average Bonchev–Trinajstić information content (AvgIpc) is 3.36. The fraction of sp³-hybridized carbons (Fsp3) is 0.120. The van der Waals surface area contributed by atoms with Crippen LogP contribution < -0.4 is 10.6 Å². The second-order valence-corrected chi connectivity index (χ2v) is 10.4. The van der Waals surface area contributed by atoms with Crippen molar-refractivity contribution in [1.82, 2.24) is 0 Å². The smallest absolute Gasteiger partial charge is 0.257 e. The molecule has 0 saturated heterocycles. The predicted octanol–water partition coefficient (Wildman–Crippen LogP) is 7.41. The largest absolute Gasteiger partial charge is 0.326 e. The predicted molar refractivity (Wildman–Crippen MR) is 140 cm³/mol. The van der Waals surface area contributed by atoms with Crippen LogP contribution in [0.15, 0.2) is 60.7 Å². The quantitative estimate of drug-likeness (QED) is 0.256. The number of nitrogens with one attached hydrogen (secondary N) is 2. The molecule has 3 aromatic carbocycles. The number of alkyl halides is 2. The molecule has 0 bridgehead atoms. The summed E-state index contributed by atoms with van der Waals surface area (Å²) in [7, 11) is 0. The van der Waals surface area contributed by atoms with E-state index < -0.39 is 28.0 Å². The van der Waals surface area contributed by atoms with Gasteiger partial charge in [-0.3, -0.25) is 9.59 Å². The molecule has 4 rings (SSSR count). The minimum Gasteiger partial charge on any atom is -0.326 e. The van der Waals surface area contributed by atoms with Crippen LogP contribution in [0.25, 0.3) is 0 Å². The number of terminal acetylenes is 1. The number of halogens is 5. The maximum atomic E-state index is 13.0. The minimum absolute atomic E-state index is 0.169. The van der Waals surface area contributed by atoms with Gasteiger partial charge in [-0.1, -0.05) is 46.8 Å². The third-order valence-corrected chi connectivity index (χ3v) is 7.05. The van der Waals surface area contributed by atoms with Crippen LogP contribution in [0, 0.1) is 18.3 Å². The molecule has 1 aliphatic rings. The Balaban J connectivity index is 1.51. The summed E-state index contributed by atoms with van der Waals surface area (Å²) in [4.78, 5) is 25.8. The van der Waals surface area contributed by atoms with Crippen LogP contribution in [0.2, 0.25) is 15.1 Å². The Bertz CT molecular complexity index is 1330. The Morgan fingerprint density at radius 3 is 2.24 bits per heavy atom. The van der Waals surface area contributed by atoms with Crippen molar-refractivity contribution >= 4 is 81.2 Å². The Morgan fingerprint density at radius 1 is 0.882 bits per heavy atom. The Hall–Kier alpha value is -2.39. The first-order valence-corrected chi connectivity index (χ1v) is 11.8. The molecule has 4 nitrogen and oxygen atoms in total. The first kappa shape index (κ1) is 24.7. The van der Waals surface area contributed by atoms with Crippen LogP contribution in [0.1, 0.15) is 27.4 Å². The van der Waals surface area contributed by atoms with Gasteiger partial charge in [0.15, 0.2) is 0 Å². The molecule has 1 aliphatic carbocycles. The standard InChI is InChI=1S/C25H15Cl5N2O2/c1-2-13-4-3-5-17(8-13)31-23(33)19-12-18(6-7-20(19)28)32-24(34)22-21(25(22,29)30)14-9-15(26)11-16(27)10-14/h1,3-12,21-22H,(H,31,33)(H,32,34)/t21-,22+/m0/s1. The molecule has 2 amide bonds. The Kier molecular flexibility index (Phi) is 7.05. The molecule has 2 atom stereocenters. The monoisotopic (exact) mass is 550 g/mol. The first-order chi connectivity index (χ1) is 16.1. The van der Waals surface area contributed by atoms with E-state index in [2.05, 4.69) is 16.6 Å². The lowest BCUT2D eigenvalue weighted by molar-refractivity contribution is -0.117. The van der Waals surface area contributed by atoms with E-state index in [0.29, 0.717) is 32.5 Å². The zero-order valence-electron chi connectivity index (χ0n) is 17.2. The van der Waals surface area contributed by atoms with Crippen LogP contribution in [-0.4, -0.2) is 16.1 Å². The van der Waals surface area contributed by atoms with Crippen molar-refractivity contribution in [2.75, 3.05) is 10.6 Å². The molecule has 34 heavy (non-hydrogen) atoms. The van der Waals surface area contributed by atoms with E-state index >= 15 is 0 Å². The highest BCUT2D eigenvalue weighted by atomic mass is 35.5. The summed E-state index contributed by atoms with van der Waals surface area (Å²) < 4.78 is -1.33. The van der Waals surface area contributed by atoms with Crippen molar-refractivity contribution in [3.8, 4) is 12.3 Å². The molecule has 1 fully saturated rings. The number of hydrogen-bond donors (Lipinski definition) is 2. The average molecular weight is 553 g/mol. The van der Waals surface area contributed by atoms with Gasteiger partial charge in [-0.25, -0.2) is 0 Å². The molecule has 0 aliphatic heterocycles. The number of carbonyl (C=O) groups is 2. The molecule has 0 spiro atoms. The van der Waals surface area contributed by atoms with Crippen LogP contribution in [0.4, 0.5) is 11.4 Å². The van der Waals surface area contributed by atoms with E-state index in [1.54, 1.807) is 48.5 Å². The number of hydrogen-bond acceptors (Lipinski definition) is 2. The summed E-state index contributed by atoms with van der Waals surface area (Å²) in [6, 6.07) is 16.3. The lowest BCUT2D eigenvalue weighted by Gasteiger charge is -2.10. The van der Waals surface area contributed by atoms with Gasteiger partial charge in [-0.15, -0.1) is 29.6 Å². The van der Waals surface area contributed by atoms with E-state index in [1.165, 1.54) is 12.1 Å². The van der Waals surface area contributed by atoms with E-state index in [4.69, 9.17) is 64.4 Å². The van der Waals surface area contributed by atoms with Crippen molar-refractivity contribution in [2.45, 2.75) is 10.3 Å². The van der Waals surface area contributed by atoms with E-state index in [0.717, 1.165) is 0 Å². The van der Waals surface area contributed by atoms with Gasteiger partial charge in [0.25, 0.3) is 5.91 Å². The number of rotatable bonds is 5. The number of amides is 2. The SMILES string of the molecule is C#Cc1cccc(NC(=O)c2cc(NC(=O)[C@H]3[C@H](c4cc(Cl)cc(Cl)c4)C3(Cl)Cl)ccc2Cl)c1.